The van der Waals surface area contributed by atoms with Crippen LogP contribution in [0.25, 0.3) is 0 Å². The third-order valence-corrected chi connectivity index (χ3v) is 2.95. The van der Waals surface area contributed by atoms with Crippen molar-refractivity contribution < 1.29 is 9.53 Å². The fraction of sp³-hybridized carbons (Fsp3) is 0.889. The Bertz CT molecular complexity index is 207. The number of ether oxygens (including phenoxy) is 1. The molecule has 0 unspecified atom stereocenters. The van der Waals surface area contributed by atoms with Gasteiger partial charge >= 0.3 is 6.09 Å². The van der Waals surface area contributed by atoms with Gasteiger partial charge in [0.2, 0.25) is 0 Å². The van der Waals surface area contributed by atoms with E-state index < -0.39 is 5.60 Å². The molecule has 0 radical (unpaired) electrons. The van der Waals surface area contributed by atoms with Crippen molar-refractivity contribution in [1.29, 1.82) is 0 Å². The summed E-state index contributed by atoms with van der Waals surface area (Å²) in [5.41, 5.74) is -0.435. The second-order valence-electron chi connectivity index (χ2n) is 4.61. The lowest BCUT2D eigenvalue weighted by atomic mass is 9.74. The molecule has 0 aromatic heterocycles. The predicted octanol–water partition coefficient (Wildman–Crippen LogP) is 1.92. The van der Waals surface area contributed by atoms with Crippen LogP contribution < -0.4 is 5.32 Å². The first-order valence-corrected chi connectivity index (χ1v) is 4.27. The van der Waals surface area contributed by atoms with Gasteiger partial charge in [-0.05, 0) is 13.8 Å². The van der Waals surface area contributed by atoms with Crippen LogP contribution in [0.4, 0.5) is 4.79 Å². The Balaban J connectivity index is 2.92. The number of hydrogen-bond donors (Lipinski definition) is 1. The molecule has 1 rings (SSSR count). The zero-order chi connectivity index (χ0) is 9.57. The highest BCUT2D eigenvalue weighted by Gasteiger charge is 2.50. The maximum atomic E-state index is 11.0. The lowest BCUT2D eigenvalue weighted by Gasteiger charge is -2.38. The van der Waals surface area contributed by atoms with Crippen LogP contribution in [0.1, 0.15) is 34.6 Å². The molecule has 2 atom stereocenters. The van der Waals surface area contributed by atoms with Crippen molar-refractivity contribution in [2.75, 3.05) is 0 Å². The molecule has 3 heteroatoms. The average Bonchev–Trinajstić information content (AvgIpc) is 2.06. The zero-order valence-corrected chi connectivity index (χ0v) is 8.39. The summed E-state index contributed by atoms with van der Waals surface area (Å²) in [6.07, 6.45) is -0.306. The fourth-order valence-corrected chi connectivity index (χ4v) is 1.43. The molecule has 1 fully saturated rings. The summed E-state index contributed by atoms with van der Waals surface area (Å²) in [5.74, 6) is 0. The van der Waals surface area contributed by atoms with Gasteiger partial charge in [0.05, 0.1) is 6.04 Å². The van der Waals surface area contributed by atoms with E-state index in [1.807, 2.05) is 13.8 Å². The Kier molecular flexibility index (Phi) is 1.85. The van der Waals surface area contributed by atoms with Gasteiger partial charge in [0.25, 0.3) is 0 Å². The van der Waals surface area contributed by atoms with Gasteiger partial charge in [-0.15, -0.1) is 0 Å². The highest BCUT2D eigenvalue weighted by atomic mass is 16.6. The van der Waals surface area contributed by atoms with Gasteiger partial charge in [-0.2, -0.15) is 0 Å². The van der Waals surface area contributed by atoms with E-state index in [0.29, 0.717) is 0 Å². The van der Waals surface area contributed by atoms with Gasteiger partial charge in [0.15, 0.2) is 0 Å². The molecule has 3 nitrogen and oxygen atoms in total. The fourth-order valence-electron chi connectivity index (χ4n) is 1.43. The van der Waals surface area contributed by atoms with Crippen LogP contribution in [-0.4, -0.2) is 17.7 Å². The standard InChI is InChI=1S/C9H17NO2/c1-6-9(5,8(2,3)4)12-7(11)10-6/h6H,1-5H3,(H,10,11)/t6-,9+/m1/s1. The van der Waals surface area contributed by atoms with E-state index in [9.17, 15) is 4.79 Å². The molecule has 1 aliphatic rings. The molecule has 1 heterocycles. The Labute approximate surface area is 73.5 Å². The van der Waals surface area contributed by atoms with Crippen LogP contribution in [-0.2, 0) is 4.74 Å². The van der Waals surface area contributed by atoms with Gasteiger partial charge in [0, 0.05) is 5.41 Å². The molecule has 70 valence electrons. The van der Waals surface area contributed by atoms with Gasteiger partial charge in [-0.25, -0.2) is 4.79 Å². The molecule has 0 aromatic carbocycles. The van der Waals surface area contributed by atoms with Crippen molar-refractivity contribution in [3.05, 3.63) is 0 Å². The number of carbonyl (C=O) groups is 1. The van der Waals surface area contributed by atoms with Crippen molar-refractivity contribution in [2.24, 2.45) is 5.41 Å². The van der Waals surface area contributed by atoms with Crippen molar-refractivity contribution in [3.8, 4) is 0 Å². The summed E-state index contributed by atoms with van der Waals surface area (Å²) in [6.45, 7) is 10.2. The molecule has 0 aromatic rings. The maximum absolute atomic E-state index is 11.0. The third kappa shape index (κ3) is 1.17. The SMILES string of the molecule is C[C@H]1NC(=O)O[C@]1(C)C(C)(C)C. The van der Waals surface area contributed by atoms with E-state index in [1.165, 1.54) is 0 Å². The topological polar surface area (TPSA) is 38.3 Å². The van der Waals surface area contributed by atoms with Crippen molar-refractivity contribution in [2.45, 2.75) is 46.3 Å². The number of cyclic esters (lactones) is 1. The summed E-state index contributed by atoms with van der Waals surface area (Å²) in [7, 11) is 0. The van der Waals surface area contributed by atoms with Crippen LogP contribution >= 0.6 is 0 Å². The van der Waals surface area contributed by atoms with Crippen LogP contribution in [0, 0.1) is 5.41 Å². The van der Waals surface area contributed by atoms with Crippen molar-refractivity contribution in [1.82, 2.24) is 5.32 Å². The molecule has 0 aliphatic carbocycles. The smallest absolute Gasteiger partial charge is 0.408 e. The highest BCUT2D eigenvalue weighted by molar-refractivity contribution is 5.71. The quantitative estimate of drug-likeness (QED) is 0.604. The molecule has 12 heavy (non-hydrogen) atoms. The van der Waals surface area contributed by atoms with Gasteiger partial charge in [-0.3, -0.25) is 0 Å². The Hall–Kier alpha value is -0.730. The highest BCUT2D eigenvalue weighted by Crippen LogP contribution is 2.39. The molecular formula is C9H17NO2. The zero-order valence-electron chi connectivity index (χ0n) is 8.39. The second kappa shape index (κ2) is 2.38. The molecule has 1 saturated heterocycles. The number of alkyl carbamates (subject to hydrolysis) is 1. The van der Waals surface area contributed by atoms with Gasteiger partial charge < -0.3 is 10.1 Å². The van der Waals surface area contributed by atoms with Gasteiger partial charge in [0.1, 0.15) is 5.60 Å². The first-order chi connectivity index (χ1) is 5.27. The van der Waals surface area contributed by atoms with Crippen LogP contribution in [0.2, 0.25) is 0 Å². The maximum Gasteiger partial charge on any atom is 0.408 e. The number of amides is 1. The van der Waals surface area contributed by atoms with Crippen molar-refractivity contribution >= 4 is 6.09 Å². The molecule has 1 amide bonds. The lowest BCUT2D eigenvalue weighted by molar-refractivity contribution is -0.0334. The van der Waals surface area contributed by atoms with Crippen LogP contribution in [0.3, 0.4) is 0 Å². The number of rotatable bonds is 0. The van der Waals surface area contributed by atoms with E-state index >= 15 is 0 Å². The van der Waals surface area contributed by atoms with E-state index in [-0.39, 0.29) is 17.6 Å². The predicted molar refractivity (Wildman–Crippen MR) is 46.9 cm³/mol. The minimum absolute atomic E-state index is 0.0361. The normalized spacial score (nSPS) is 36.1. The minimum atomic E-state index is -0.399. The number of hydrogen-bond acceptors (Lipinski definition) is 2. The second-order valence-corrected chi connectivity index (χ2v) is 4.61. The largest absolute Gasteiger partial charge is 0.440 e. The minimum Gasteiger partial charge on any atom is -0.440 e. The van der Waals surface area contributed by atoms with Crippen molar-refractivity contribution in [3.63, 3.8) is 0 Å². The first kappa shape index (κ1) is 9.36. The number of carbonyl (C=O) groups excluding carboxylic acids is 1. The number of nitrogens with one attached hydrogen (secondary N) is 1. The Morgan fingerprint density at radius 1 is 1.50 bits per heavy atom. The molecule has 0 spiro atoms. The molecular weight excluding hydrogens is 154 g/mol. The average molecular weight is 171 g/mol. The van der Waals surface area contributed by atoms with E-state index in [2.05, 4.69) is 26.1 Å². The molecule has 0 bridgehead atoms. The van der Waals surface area contributed by atoms with E-state index in [4.69, 9.17) is 4.74 Å². The Morgan fingerprint density at radius 3 is 2.17 bits per heavy atom. The Morgan fingerprint density at radius 2 is 2.00 bits per heavy atom. The van der Waals surface area contributed by atoms with E-state index in [1.54, 1.807) is 0 Å². The van der Waals surface area contributed by atoms with Crippen LogP contribution in [0.5, 0.6) is 0 Å². The third-order valence-electron chi connectivity index (χ3n) is 2.95. The lowest BCUT2D eigenvalue weighted by Crippen LogP contribution is -2.49. The molecule has 1 aliphatic heterocycles. The molecule has 0 saturated carbocycles. The van der Waals surface area contributed by atoms with Crippen LogP contribution in [0.15, 0.2) is 0 Å². The summed E-state index contributed by atoms with van der Waals surface area (Å²) in [4.78, 5) is 11.0. The summed E-state index contributed by atoms with van der Waals surface area (Å²) in [6, 6.07) is 0.0741. The summed E-state index contributed by atoms with van der Waals surface area (Å²) >= 11 is 0. The first-order valence-electron chi connectivity index (χ1n) is 4.27. The molecule has 1 N–H and O–H groups in total. The summed E-state index contributed by atoms with van der Waals surface area (Å²) < 4.78 is 5.28. The van der Waals surface area contributed by atoms with E-state index in [0.717, 1.165) is 0 Å². The van der Waals surface area contributed by atoms with Gasteiger partial charge in [-0.1, -0.05) is 20.8 Å². The monoisotopic (exact) mass is 171 g/mol. The summed E-state index contributed by atoms with van der Waals surface area (Å²) in [5, 5.41) is 2.75.